The quantitative estimate of drug-likeness (QED) is 0.756. The molecular formula is C21H30Cl2N4O. The molecule has 1 fully saturated rings. The van der Waals surface area contributed by atoms with E-state index in [0.29, 0.717) is 0 Å². The number of anilines is 1. The van der Waals surface area contributed by atoms with Crippen LogP contribution in [0.4, 0.5) is 5.69 Å². The molecule has 28 heavy (non-hydrogen) atoms. The van der Waals surface area contributed by atoms with Gasteiger partial charge in [0.1, 0.15) is 5.82 Å². The summed E-state index contributed by atoms with van der Waals surface area (Å²) in [5.74, 6) is 0.954. The Kier molecular flexibility index (Phi) is 7.54. The number of carbonyl (C=O) groups is 1. The maximum atomic E-state index is 12.7. The first kappa shape index (κ1) is 22.7. The third-order valence-corrected chi connectivity index (χ3v) is 5.98. The van der Waals surface area contributed by atoms with Gasteiger partial charge in [-0.25, -0.2) is 4.98 Å². The van der Waals surface area contributed by atoms with Crippen LogP contribution >= 0.6 is 24.8 Å². The normalized spacial score (nSPS) is 23.7. The molecule has 2 atom stereocenters. The average molecular weight is 425 g/mol. The van der Waals surface area contributed by atoms with Crippen LogP contribution in [0, 0.1) is 5.92 Å². The number of amides is 1. The molecular weight excluding hydrogens is 395 g/mol. The van der Waals surface area contributed by atoms with Crippen molar-refractivity contribution in [1.82, 2.24) is 9.55 Å². The molecule has 0 spiro atoms. The molecule has 2 aromatic rings. The predicted octanol–water partition coefficient (Wildman–Crippen LogP) is 4.58. The highest BCUT2D eigenvalue weighted by Crippen LogP contribution is 2.32. The van der Waals surface area contributed by atoms with Gasteiger partial charge in [0.15, 0.2) is 0 Å². The van der Waals surface area contributed by atoms with Crippen LogP contribution in [0.2, 0.25) is 0 Å². The van der Waals surface area contributed by atoms with E-state index in [4.69, 9.17) is 5.73 Å². The lowest BCUT2D eigenvalue weighted by atomic mass is 9.74. The summed E-state index contributed by atoms with van der Waals surface area (Å²) in [5.41, 5.74) is 9.19. The summed E-state index contributed by atoms with van der Waals surface area (Å²) in [6.07, 6.45) is 9.54. The third-order valence-electron chi connectivity index (χ3n) is 5.98. The summed E-state index contributed by atoms with van der Waals surface area (Å²) in [5, 5.41) is 3.06. The molecule has 0 bridgehead atoms. The molecule has 5 nitrogen and oxygen atoms in total. The average Bonchev–Trinajstić information content (AvgIpc) is 3.06. The summed E-state index contributed by atoms with van der Waals surface area (Å²) in [4.78, 5) is 17.3. The van der Waals surface area contributed by atoms with E-state index in [-0.39, 0.29) is 36.6 Å². The minimum absolute atomic E-state index is 0. The van der Waals surface area contributed by atoms with Crippen molar-refractivity contribution >= 4 is 36.4 Å². The van der Waals surface area contributed by atoms with Crippen molar-refractivity contribution < 1.29 is 4.79 Å². The first-order chi connectivity index (χ1) is 12.5. The number of imidazole rings is 1. The molecule has 3 N–H and O–H groups in total. The van der Waals surface area contributed by atoms with Crippen LogP contribution in [0.5, 0.6) is 0 Å². The Morgan fingerprint density at radius 3 is 2.64 bits per heavy atom. The van der Waals surface area contributed by atoms with Crippen molar-refractivity contribution in [2.75, 3.05) is 5.32 Å². The van der Waals surface area contributed by atoms with Crippen molar-refractivity contribution in [1.29, 1.82) is 0 Å². The van der Waals surface area contributed by atoms with Crippen molar-refractivity contribution in [3.63, 3.8) is 0 Å². The van der Waals surface area contributed by atoms with Gasteiger partial charge in [-0.05, 0) is 63.3 Å². The van der Waals surface area contributed by atoms with Gasteiger partial charge in [-0.3, -0.25) is 4.79 Å². The fraction of sp³-hybridized carbons (Fsp3) is 0.524. The Morgan fingerprint density at radius 1 is 1.18 bits per heavy atom. The molecule has 1 aliphatic carbocycles. The maximum Gasteiger partial charge on any atom is 0.229 e. The van der Waals surface area contributed by atoms with Gasteiger partial charge in [-0.1, -0.05) is 12.8 Å². The Bertz CT molecular complexity index is 801. The summed E-state index contributed by atoms with van der Waals surface area (Å²) in [7, 11) is 0. The Hall–Kier alpha value is -1.56. The van der Waals surface area contributed by atoms with E-state index >= 15 is 0 Å². The first-order valence-corrected chi connectivity index (χ1v) is 9.79. The Morgan fingerprint density at radius 2 is 1.93 bits per heavy atom. The molecule has 2 unspecified atom stereocenters. The third kappa shape index (κ3) is 4.53. The molecule has 1 aromatic heterocycles. The predicted molar refractivity (Wildman–Crippen MR) is 118 cm³/mol. The van der Waals surface area contributed by atoms with Gasteiger partial charge in [0.25, 0.3) is 0 Å². The number of halogens is 2. The molecule has 1 aromatic carbocycles. The molecule has 2 heterocycles. The second-order valence-corrected chi connectivity index (χ2v) is 8.05. The standard InChI is InChI=1S/C21H28N4O.2ClH/c1-21(22)12-4-2-7-18(21)20(26)24-16-10-8-15(9-11-16)19-23-14-17-6-3-5-13-25(17)19;;/h8-11,14,18H,2-7,12-13,22H2,1H3,(H,24,26);2*1H. The molecule has 2 aliphatic rings. The van der Waals surface area contributed by atoms with Gasteiger partial charge in [0.05, 0.1) is 5.92 Å². The molecule has 4 rings (SSSR count). The maximum absolute atomic E-state index is 12.7. The number of hydrogen-bond acceptors (Lipinski definition) is 3. The minimum atomic E-state index is -0.406. The molecule has 0 radical (unpaired) electrons. The van der Waals surface area contributed by atoms with Crippen molar-refractivity contribution in [3.05, 3.63) is 36.2 Å². The number of carbonyl (C=O) groups excluding carboxylic acids is 1. The van der Waals surface area contributed by atoms with Gasteiger partial charge >= 0.3 is 0 Å². The largest absolute Gasteiger partial charge is 0.328 e. The van der Waals surface area contributed by atoms with E-state index < -0.39 is 5.54 Å². The van der Waals surface area contributed by atoms with Crippen molar-refractivity contribution in [3.8, 4) is 11.4 Å². The lowest BCUT2D eigenvalue weighted by molar-refractivity contribution is -0.122. The molecule has 1 saturated carbocycles. The van der Waals surface area contributed by atoms with Crippen molar-refractivity contribution in [2.24, 2.45) is 11.7 Å². The fourth-order valence-corrected chi connectivity index (χ4v) is 4.39. The van der Waals surface area contributed by atoms with Gasteiger partial charge in [-0.2, -0.15) is 0 Å². The van der Waals surface area contributed by atoms with Crippen LogP contribution in [0.1, 0.15) is 51.1 Å². The monoisotopic (exact) mass is 424 g/mol. The van der Waals surface area contributed by atoms with Gasteiger partial charge in [0.2, 0.25) is 5.91 Å². The number of benzene rings is 1. The smallest absolute Gasteiger partial charge is 0.229 e. The van der Waals surface area contributed by atoms with Crippen LogP contribution in [-0.4, -0.2) is 21.0 Å². The number of fused-ring (bicyclic) bond motifs is 1. The zero-order valence-electron chi connectivity index (χ0n) is 16.3. The van der Waals surface area contributed by atoms with Crippen LogP contribution in [0.15, 0.2) is 30.5 Å². The molecule has 7 heteroatoms. The Labute approximate surface area is 179 Å². The topological polar surface area (TPSA) is 72.9 Å². The van der Waals surface area contributed by atoms with E-state index in [0.717, 1.165) is 55.7 Å². The molecule has 1 amide bonds. The summed E-state index contributed by atoms with van der Waals surface area (Å²) in [6.45, 7) is 3.04. The van der Waals surface area contributed by atoms with Gasteiger partial charge in [0, 0.05) is 35.2 Å². The van der Waals surface area contributed by atoms with Crippen molar-refractivity contribution in [2.45, 2.75) is 64.0 Å². The zero-order valence-corrected chi connectivity index (χ0v) is 18.0. The highest BCUT2D eigenvalue weighted by atomic mass is 35.5. The number of rotatable bonds is 3. The lowest BCUT2D eigenvalue weighted by Crippen LogP contribution is -2.51. The van der Waals surface area contributed by atoms with Crippen LogP contribution in [0.25, 0.3) is 11.4 Å². The SMILES string of the molecule is CC1(N)CCCCC1C(=O)Nc1ccc(-c2ncc3n2CCCC3)cc1.Cl.Cl. The van der Waals surface area contributed by atoms with Crippen LogP contribution in [0.3, 0.4) is 0 Å². The second-order valence-electron chi connectivity index (χ2n) is 8.05. The molecule has 154 valence electrons. The fourth-order valence-electron chi connectivity index (χ4n) is 4.39. The lowest BCUT2D eigenvalue weighted by Gasteiger charge is -2.37. The molecule has 1 aliphatic heterocycles. The summed E-state index contributed by atoms with van der Waals surface area (Å²) >= 11 is 0. The number of nitrogens with one attached hydrogen (secondary N) is 1. The number of nitrogens with two attached hydrogens (primary N) is 1. The number of aromatic nitrogens is 2. The highest BCUT2D eigenvalue weighted by molar-refractivity contribution is 5.93. The Balaban J connectivity index is 0.00000140. The first-order valence-electron chi connectivity index (χ1n) is 9.79. The van der Waals surface area contributed by atoms with E-state index in [1.165, 1.54) is 18.5 Å². The number of nitrogens with zero attached hydrogens (tertiary/aromatic N) is 2. The number of aryl methyl sites for hydroxylation is 1. The van der Waals surface area contributed by atoms with E-state index in [2.05, 4.69) is 14.9 Å². The minimum Gasteiger partial charge on any atom is -0.328 e. The van der Waals surface area contributed by atoms with E-state index in [1.807, 2.05) is 37.4 Å². The van der Waals surface area contributed by atoms with E-state index in [1.54, 1.807) is 0 Å². The van der Waals surface area contributed by atoms with Crippen LogP contribution < -0.4 is 11.1 Å². The van der Waals surface area contributed by atoms with Crippen LogP contribution in [-0.2, 0) is 17.8 Å². The summed E-state index contributed by atoms with van der Waals surface area (Å²) in [6, 6.07) is 8.02. The number of hydrogen-bond donors (Lipinski definition) is 2. The highest BCUT2D eigenvalue weighted by Gasteiger charge is 2.37. The van der Waals surface area contributed by atoms with Gasteiger partial charge < -0.3 is 15.6 Å². The van der Waals surface area contributed by atoms with Gasteiger partial charge in [-0.15, -0.1) is 24.8 Å². The van der Waals surface area contributed by atoms with E-state index in [9.17, 15) is 4.79 Å². The molecule has 0 saturated heterocycles. The second kappa shape index (κ2) is 9.29. The summed E-state index contributed by atoms with van der Waals surface area (Å²) < 4.78 is 2.32. The zero-order chi connectivity index (χ0) is 18.1.